The summed E-state index contributed by atoms with van der Waals surface area (Å²) < 4.78 is 0. The van der Waals surface area contributed by atoms with E-state index >= 15 is 0 Å². The van der Waals surface area contributed by atoms with Gasteiger partial charge in [-0.3, -0.25) is 4.79 Å². The van der Waals surface area contributed by atoms with E-state index < -0.39 is 5.41 Å². The minimum absolute atomic E-state index is 0.190. The highest BCUT2D eigenvalue weighted by Crippen LogP contribution is 2.38. The number of carbonyl (C=O) groups is 1. The first-order valence-electron chi connectivity index (χ1n) is 7.68. The zero-order valence-corrected chi connectivity index (χ0v) is 13.0. The maximum atomic E-state index is 13.1. The van der Waals surface area contributed by atoms with Crippen molar-refractivity contribution in [1.29, 1.82) is 0 Å². The SMILES string of the molecule is C=CCC1(C)C(=O)N(Cc2ccccc2)Cc2ccccc21. The fourth-order valence-corrected chi connectivity index (χ4v) is 3.36. The Morgan fingerprint density at radius 3 is 2.55 bits per heavy atom. The number of carbonyl (C=O) groups excluding carboxylic acids is 1. The Balaban J connectivity index is 1.98. The second-order valence-electron chi connectivity index (χ2n) is 6.13. The maximum absolute atomic E-state index is 13.1. The van der Waals surface area contributed by atoms with Crippen LogP contribution in [0.2, 0.25) is 0 Å². The van der Waals surface area contributed by atoms with Crippen LogP contribution in [0, 0.1) is 0 Å². The molecule has 0 saturated heterocycles. The molecule has 112 valence electrons. The van der Waals surface area contributed by atoms with E-state index in [-0.39, 0.29) is 5.91 Å². The van der Waals surface area contributed by atoms with Gasteiger partial charge in [-0.15, -0.1) is 6.58 Å². The normalized spacial score (nSPS) is 20.6. The predicted octanol–water partition coefficient (Wildman–Crippen LogP) is 4.06. The predicted molar refractivity (Wildman–Crippen MR) is 89.3 cm³/mol. The van der Waals surface area contributed by atoms with Crippen molar-refractivity contribution >= 4 is 5.91 Å². The van der Waals surface area contributed by atoms with E-state index in [0.29, 0.717) is 19.5 Å². The number of fused-ring (bicyclic) bond motifs is 1. The van der Waals surface area contributed by atoms with Crippen molar-refractivity contribution in [2.24, 2.45) is 0 Å². The second-order valence-corrected chi connectivity index (χ2v) is 6.13. The van der Waals surface area contributed by atoms with Crippen molar-refractivity contribution in [3.63, 3.8) is 0 Å². The van der Waals surface area contributed by atoms with Gasteiger partial charge < -0.3 is 4.90 Å². The minimum atomic E-state index is -0.509. The molecule has 2 nitrogen and oxygen atoms in total. The molecule has 0 aliphatic carbocycles. The largest absolute Gasteiger partial charge is 0.333 e. The zero-order chi connectivity index (χ0) is 15.6. The Labute approximate surface area is 132 Å². The highest BCUT2D eigenvalue weighted by Gasteiger charge is 2.42. The van der Waals surface area contributed by atoms with Crippen molar-refractivity contribution in [3.8, 4) is 0 Å². The molecule has 2 aromatic rings. The molecule has 1 atom stereocenters. The number of rotatable bonds is 4. The lowest BCUT2D eigenvalue weighted by Crippen LogP contribution is -2.48. The quantitative estimate of drug-likeness (QED) is 0.778. The van der Waals surface area contributed by atoms with Crippen LogP contribution in [0.1, 0.15) is 30.0 Å². The van der Waals surface area contributed by atoms with Gasteiger partial charge in [0.1, 0.15) is 0 Å². The van der Waals surface area contributed by atoms with Crippen LogP contribution in [0.15, 0.2) is 67.3 Å². The molecule has 22 heavy (non-hydrogen) atoms. The molecule has 0 bridgehead atoms. The van der Waals surface area contributed by atoms with Crippen molar-refractivity contribution in [1.82, 2.24) is 4.90 Å². The number of nitrogens with zero attached hydrogens (tertiary/aromatic N) is 1. The lowest BCUT2D eigenvalue weighted by atomic mass is 9.73. The first kappa shape index (κ1) is 14.6. The topological polar surface area (TPSA) is 20.3 Å². The van der Waals surface area contributed by atoms with E-state index in [1.54, 1.807) is 0 Å². The maximum Gasteiger partial charge on any atom is 0.233 e. The molecular formula is C20H21NO. The first-order chi connectivity index (χ1) is 10.6. The van der Waals surface area contributed by atoms with Crippen LogP contribution >= 0.6 is 0 Å². The van der Waals surface area contributed by atoms with Crippen LogP contribution in [0.5, 0.6) is 0 Å². The third kappa shape index (κ3) is 2.45. The summed E-state index contributed by atoms with van der Waals surface area (Å²) in [5, 5.41) is 0. The van der Waals surface area contributed by atoms with Crippen molar-refractivity contribution < 1.29 is 4.79 Å². The summed E-state index contributed by atoms with van der Waals surface area (Å²) >= 11 is 0. The number of benzene rings is 2. The molecule has 1 aliphatic heterocycles. The molecule has 0 aromatic heterocycles. The van der Waals surface area contributed by atoms with Gasteiger partial charge in [0.05, 0.1) is 5.41 Å². The van der Waals surface area contributed by atoms with Gasteiger partial charge in [-0.2, -0.15) is 0 Å². The highest BCUT2D eigenvalue weighted by atomic mass is 16.2. The van der Waals surface area contributed by atoms with Crippen LogP contribution in [0.3, 0.4) is 0 Å². The Morgan fingerprint density at radius 1 is 1.14 bits per heavy atom. The Hall–Kier alpha value is -2.35. The van der Waals surface area contributed by atoms with E-state index in [1.807, 2.05) is 48.2 Å². The fourth-order valence-electron chi connectivity index (χ4n) is 3.36. The smallest absolute Gasteiger partial charge is 0.233 e. The number of allylic oxidation sites excluding steroid dienone is 1. The molecule has 1 amide bonds. The number of hydrogen-bond acceptors (Lipinski definition) is 1. The van der Waals surface area contributed by atoms with Crippen molar-refractivity contribution in [3.05, 3.63) is 83.9 Å². The Morgan fingerprint density at radius 2 is 1.82 bits per heavy atom. The zero-order valence-electron chi connectivity index (χ0n) is 13.0. The van der Waals surface area contributed by atoms with Gasteiger partial charge in [-0.25, -0.2) is 0 Å². The van der Waals surface area contributed by atoms with Gasteiger partial charge in [0, 0.05) is 13.1 Å². The highest BCUT2D eigenvalue weighted by molar-refractivity contribution is 5.90. The summed E-state index contributed by atoms with van der Waals surface area (Å²) in [6.45, 7) is 7.21. The summed E-state index contributed by atoms with van der Waals surface area (Å²) in [6, 6.07) is 18.4. The third-order valence-electron chi connectivity index (χ3n) is 4.50. The van der Waals surface area contributed by atoms with Gasteiger partial charge in [0.15, 0.2) is 0 Å². The monoisotopic (exact) mass is 291 g/mol. The van der Waals surface area contributed by atoms with E-state index in [0.717, 1.165) is 11.1 Å². The van der Waals surface area contributed by atoms with Crippen LogP contribution < -0.4 is 0 Å². The summed E-state index contributed by atoms with van der Waals surface area (Å²) in [7, 11) is 0. The van der Waals surface area contributed by atoms with Crippen LogP contribution in [0.4, 0.5) is 0 Å². The van der Waals surface area contributed by atoms with Gasteiger partial charge in [0.25, 0.3) is 0 Å². The summed E-state index contributed by atoms with van der Waals surface area (Å²) in [4.78, 5) is 15.0. The Bertz CT molecular complexity index is 692. The summed E-state index contributed by atoms with van der Waals surface area (Å²) in [5.74, 6) is 0.190. The molecule has 0 spiro atoms. The molecule has 2 aromatic carbocycles. The molecule has 1 heterocycles. The molecule has 1 aliphatic rings. The van der Waals surface area contributed by atoms with Crippen LogP contribution in [-0.4, -0.2) is 10.8 Å². The van der Waals surface area contributed by atoms with Gasteiger partial charge >= 0.3 is 0 Å². The molecule has 3 rings (SSSR count). The fraction of sp³-hybridized carbons (Fsp3) is 0.250. The molecule has 0 saturated carbocycles. The summed E-state index contributed by atoms with van der Waals surface area (Å²) in [6.07, 6.45) is 2.51. The average Bonchev–Trinajstić information content (AvgIpc) is 2.54. The third-order valence-corrected chi connectivity index (χ3v) is 4.50. The van der Waals surface area contributed by atoms with Gasteiger partial charge in [-0.1, -0.05) is 60.7 Å². The van der Waals surface area contributed by atoms with Gasteiger partial charge in [0.2, 0.25) is 5.91 Å². The van der Waals surface area contributed by atoms with Crippen LogP contribution in [-0.2, 0) is 23.3 Å². The Kier molecular flexibility index (Phi) is 3.84. The molecule has 0 fully saturated rings. The second kappa shape index (κ2) is 5.80. The van der Waals surface area contributed by atoms with Crippen molar-refractivity contribution in [2.75, 3.05) is 0 Å². The van der Waals surface area contributed by atoms with E-state index in [1.165, 1.54) is 5.56 Å². The lowest BCUT2D eigenvalue weighted by molar-refractivity contribution is -0.139. The standard InChI is InChI=1S/C20H21NO/c1-3-13-20(2)18-12-8-7-11-17(18)15-21(19(20)22)14-16-9-5-4-6-10-16/h3-12H,1,13-15H2,2H3. The molecule has 0 N–H and O–H groups in total. The molecular weight excluding hydrogens is 270 g/mol. The lowest BCUT2D eigenvalue weighted by Gasteiger charge is -2.40. The van der Waals surface area contributed by atoms with Crippen LogP contribution in [0.25, 0.3) is 0 Å². The van der Waals surface area contributed by atoms with E-state index in [9.17, 15) is 4.79 Å². The molecule has 0 radical (unpaired) electrons. The number of amides is 1. The minimum Gasteiger partial charge on any atom is -0.333 e. The van der Waals surface area contributed by atoms with Crippen molar-refractivity contribution in [2.45, 2.75) is 31.8 Å². The van der Waals surface area contributed by atoms with Gasteiger partial charge in [-0.05, 0) is 30.0 Å². The summed E-state index contributed by atoms with van der Waals surface area (Å²) in [5.41, 5.74) is 3.04. The molecule has 1 unspecified atom stereocenters. The van der Waals surface area contributed by atoms with E-state index in [2.05, 4.69) is 30.8 Å². The van der Waals surface area contributed by atoms with E-state index in [4.69, 9.17) is 0 Å². The number of hydrogen-bond donors (Lipinski definition) is 0. The average molecular weight is 291 g/mol. The molecule has 2 heteroatoms. The first-order valence-corrected chi connectivity index (χ1v) is 7.68.